The summed E-state index contributed by atoms with van der Waals surface area (Å²) in [5.41, 5.74) is 0.751. The summed E-state index contributed by atoms with van der Waals surface area (Å²) in [6.07, 6.45) is 1.87. The number of halogens is 3. The molecule has 0 N–H and O–H groups in total. The Morgan fingerprint density at radius 3 is 3.05 bits per heavy atom. The maximum atomic E-state index is 13.4. The summed E-state index contributed by atoms with van der Waals surface area (Å²) in [5.74, 6) is 0.680. The number of alkyl halides is 1. The lowest BCUT2D eigenvalue weighted by Gasteiger charge is -2.05. The van der Waals surface area contributed by atoms with Gasteiger partial charge in [0, 0.05) is 17.6 Å². The van der Waals surface area contributed by atoms with E-state index in [0.29, 0.717) is 16.1 Å². The average Bonchev–Trinajstić information content (AvgIpc) is 2.94. The maximum Gasteiger partial charge on any atom is 0.243 e. The Hall–Kier alpha value is -1.11. The van der Waals surface area contributed by atoms with Crippen molar-refractivity contribution in [2.45, 2.75) is 5.88 Å². The van der Waals surface area contributed by atoms with Crippen LogP contribution in [0.1, 0.15) is 5.69 Å². The van der Waals surface area contributed by atoms with E-state index >= 15 is 0 Å². The predicted molar refractivity (Wildman–Crippen MR) is 76.8 cm³/mol. The molecule has 7 heteroatoms. The number of benzene rings is 1. The summed E-state index contributed by atoms with van der Waals surface area (Å²) >= 11 is 10.5. The van der Waals surface area contributed by atoms with Crippen molar-refractivity contribution in [3.63, 3.8) is 0 Å². The van der Waals surface area contributed by atoms with Gasteiger partial charge in [-0.15, -0.1) is 22.9 Å². The van der Waals surface area contributed by atoms with Crippen LogP contribution in [0.5, 0.6) is 11.6 Å². The maximum absolute atomic E-state index is 13.4. The fourth-order valence-corrected chi connectivity index (χ4v) is 2.88. The van der Waals surface area contributed by atoms with E-state index in [0.717, 1.165) is 10.7 Å². The molecule has 0 amide bonds. The lowest BCUT2D eigenvalue weighted by Crippen LogP contribution is -1.91. The molecule has 98 valence electrons. The number of nitrogens with zero attached hydrogens (tertiary/aromatic N) is 2. The van der Waals surface area contributed by atoms with Crippen LogP contribution in [0.25, 0.3) is 4.96 Å². The van der Waals surface area contributed by atoms with Crippen LogP contribution in [0.2, 0.25) is 0 Å². The molecular formula is C12H7BrClFN2OS. The molecule has 2 heterocycles. The summed E-state index contributed by atoms with van der Waals surface area (Å²) in [6.45, 7) is 0. The van der Waals surface area contributed by atoms with Crippen molar-refractivity contribution in [2.24, 2.45) is 0 Å². The van der Waals surface area contributed by atoms with Crippen LogP contribution in [-0.2, 0) is 5.88 Å². The second-order valence-corrected chi connectivity index (χ2v) is 5.73. The minimum atomic E-state index is -0.383. The standard InChI is InChI=1S/C12H7BrClFN2OS/c13-8-2-1-7(5-9(8)15)18-11-10(6-14)17-3-4-19-12(17)16-11/h1-5H,6H2. The molecule has 0 fully saturated rings. The van der Waals surface area contributed by atoms with Gasteiger partial charge in [-0.25, -0.2) is 4.39 Å². The number of aromatic nitrogens is 2. The Balaban J connectivity index is 2.00. The van der Waals surface area contributed by atoms with Gasteiger partial charge >= 0.3 is 0 Å². The van der Waals surface area contributed by atoms with Gasteiger partial charge < -0.3 is 4.74 Å². The first-order valence-electron chi connectivity index (χ1n) is 5.32. The third kappa shape index (κ3) is 2.35. The molecule has 0 saturated heterocycles. The zero-order valence-electron chi connectivity index (χ0n) is 9.44. The molecular weight excluding hydrogens is 355 g/mol. The summed E-state index contributed by atoms with van der Waals surface area (Å²) in [7, 11) is 0. The lowest BCUT2D eigenvalue weighted by molar-refractivity contribution is 0.456. The molecule has 0 aliphatic rings. The highest BCUT2D eigenvalue weighted by Gasteiger charge is 2.14. The molecule has 0 aliphatic carbocycles. The zero-order valence-corrected chi connectivity index (χ0v) is 12.6. The number of hydrogen-bond donors (Lipinski definition) is 0. The van der Waals surface area contributed by atoms with Gasteiger partial charge in [-0.05, 0) is 28.1 Å². The van der Waals surface area contributed by atoms with Crippen molar-refractivity contribution in [1.82, 2.24) is 9.38 Å². The molecule has 3 nitrogen and oxygen atoms in total. The molecule has 0 aliphatic heterocycles. The van der Waals surface area contributed by atoms with Crippen molar-refractivity contribution in [2.75, 3.05) is 0 Å². The Labute approximate surface area is 125 Å². The van der Waals surface area contributed by atoms with E-state index < -0.39 is 0 Å². The first-order valence-corrected chi connectivity index (χ1v) is 7.53. The molecule has 19 heavy (non-hydrogen) atoms. The average molecular weight is 362 g/mol. The summed E-state index contributed by atoms with van der Waals surface area (Å²) in [4.78, 5) is 5.13. The topological polar surface area (TPSA) is 26.5 Å². The van der Waals surface area contributed by atoms with Crippen molar-refractivity contribution < 1.29 is 9.13 Å². The van der Waals surface area contributed by atoms with E-state index in [-0.39, 0.29) is 11.7 Å². The number of imidazole rings is 1. The quantitative estimate of drug-likeness (QED) is 0.625. The molecule has 3 aromatic rings. The van der Waals surface area contributed by atoms with Crippen molar-refractivity contribution in [1.29, 1.82) is 0 Å². The largest absolute Gasteiger partial charge is 0.437 e. The third-order valence-electron chi connectivity index (χ3n) is 2.56. The number of rotatable bonds is 3. The number of ether oxygens (including phenoxy) is 1. The fraction of sp³-hybridized carbons (Fsp3) is 0.0833. The molecule has 0 saturated carbocycles. The molecule has 0 radical (unpaired) electrons. The third-order valence-corrected chi connectivity index (χ3v) is 4.21. The number of hydrogen-bond acceptors (Lipinski definition) is 3. The van der Waals surface area contributed by atoms with E-state index in [9.17, 15) is 4.39 Å². The van der Waals surface area contributed by atoms with E-state index in [1.807, 2.05) is 16.0 Å². The van der Waals surface area contributed by atoms with Gasteiger partial charge in [0.1, 0.15) is 17.3 Å². The zero-order chi connectivity index (χ0) is 13.4. The summed E-state index contributed by atoms with van der Waals surface area (Å²) < 4.78 is 21.3. The van der Waals surface area contributed by atoms with Crippen LogP contribution in [0, 0.1) is 5.82 Å². The van der Waals surface area contributed by atoms with Crippen LogP contribution in [0.4, 0.5) is 4.39 Å². The van der Waals surface area contributed by atoms with Crippen LogP contribution in [0.3, 0.4) is 0 Å². The Morgan fingerprint density at radius 2 is 2.32 bits per heavy atom. The Bertz CT molecular complexity index is 742. The molecule has 0 atom stereocenters. The van der Waals surface area contributed by atoms with Crippen LogP contribution in [0.15, 0.2) is 34.2 Å². The van der Waals surface area contributed by atoms with Gasteiger partial charge in [0.05, 0.1) is 10.4 Å². The monoisotopic (exact) mass is 360 g/mol. The Kier molecular flexibility index (Phi) is 3.47. The van der Waals surface area contributed by atoms with Gasteiger partial charge in [-0.2, -0.15) is 4.98 Å². The second kappa shape index (κ2) is 5.11. The van der Waals surface area contributed by atoms with Gasteiger partial charge in [0.2, 0.25) is 5.88 Å². The molecule has 0 spiro atoms. The van der Waals surface area contributed by atoms with Crippen LogP contribution < -0.4 is 4.74 Å². The van der Waals surface area contributed by atoms with E-state index in [4.69, 9.17) is 16.3 Å². The minimum absolute atomic E-state index is 0.270. The first kappa shape index (κ1) is 12.9. The van der Waals surface area contributed by atoms with Crippen molar-refractivity contribution >= 4 is 43.8 Å². The van der Waals surface area contributed by atoms with Crippen LogP contribution in [-0.4, -0.2) is 9.38 Å². The van der Waals surface area contributed by atoms with Crippen LogP contribution >= 0.6 is 38.9 Å². The molecule has 3 rings (SSSR count). The summed E-state index contributed by atoms with van der Waals surface area (Å²) in [6, 6.07) is 4.55. The predicted octanol–water partition coefficient (Wildman–Crippen LogP) is 4.83. The number of fused-ring (bicyclic) bond motifs is 1. The highest BCUT2D eigenvalue weighted by molar-refractivity contribution is 9.10. The highest BCUT2D eigenvalue weighted by atomic mass is 79.9. The molecule has 1 aromatic carbocycles. The van der Waals surface area contributed by atoms with E-state index in [2.05, 4.69) is 20.9 Å². The SMILES string of the molecule is Fc1cc(Oc2nc3sccn3c2CCl)ccc1Br. The molecule has 0 unspecified atom stereocenters. The van der Waals surface area contributed by atoms with Crippen molar-refractivity contribution in [3.05, 3.63) is 45.8 Å². The van der Waals surface area contributed by atoms with Gasteiger partial charge in [0.15, 0.2) is 4.96 Å². The van der Waals surface area contributed by atoms with Gasteiger partial charge in [-0.3, -0.25) is 4.40 Å². The molecule has 2 aromatic heterocycles. The summed E-state index contributed by atoms with van der Waals surface area (Å²) in [5, 5.41) is 1.92. The Morgan fingerprint density at radius 1 is 1.47 bits per heavy atom. The van der Waals surface area contributed by atoms with Gasteiger partial charge in [0.25, 0.3) is 0 Å². The van der Waals surface area contributed by atoms with E-state index in [1.165, 1.54) is 17.4 Å². The number of thiazole rings is 1. The van der Waals surface area contributed by atoms with Gasteiger partial charge in [-0.1, -0.05) is 0 Å². The second-order valence-electron chi connectivity index (χ2n) is 3.73. The smallest absolute Gasteiger partial charge is 0.243 e. The fourth-order valence-electron chi connectivity index (χ4n) is 1.67. The van der Waals surface area contributed by atoms with Crippen molar-refractivity contribution in [3.8, 4) is 11.6 Å². The van der Waals surface area contributed by atoms with E-state index in [1.54, 1.807) is 12.1 Å². The highest BCUT2D eigenvalue weighted by Crippen LogP contribution is 2.30. The molecule has 0 bridgehead atoms. The first-order chi connectivity index (χ1) is 9.19. The lowest BCUT2D eigenvalue weighted by atomic mass is 10.3. The normalized spacial score (nSPS) is 11.1. The minimum Gasteiger partial charge on any atom is -0.437 e.